The molecule has 1 aliphatic rings. The number of piperidine rings is 1. The van der Waals surface area contributed by atoms with Crippen molar-refractivity contribution >= 4 is 5.88 Å². The second-order valence-electron chi connectivity index (χ2n) is 5.20. The minimum Gasteiger partial charge on any atom is -0.404 e. The Morgan fingerprint density at radius 3 is 2.84 bits per heavy atom. The van der Waals surface area contributed by atoms with Gasteiger partial charge in [-0.2, -0.15) is 0 Å². The molecule has 1 aliphatic heterocycles. The highest BCUT2D eigenvalue weighted by Gasteiger charge is 2.15. The van der Waals surface area contributed by atoms with E-state index in [-0.39, 0.29) is 5.88 Å². The van der Waals surface area contributed by atoms with Gasteiger partial charge in [-0.05, 0) is 37.9 Å². The first-order valence-electron chi connectivity index (χ1n) is 6.81. The van der Waals surface area contributed by atoms with Crippen LogP contribution >= 0.6 is 0 Å². The average molecular weight is 267 g/mol. The predicted octanol–water partition coefficient (Wildman–Crippen LogP) is 2.01. The van der Waals surface area contributed by atoms with E-state index in [1.807, 2.05) is 0 Å². The fourth-order valence-electron chi connectivity index (χ4n) is 2.29. The van der Waals surface area contributed by atoms with E-state index in [0.29, 0.717) is 12.3 Å². The van der Waals surface area contributed by atoms with Gasteiger partial charge < -0.3 is 14.6 Å². The molecule has 0 unspecified atom stereocenters. The van der Waals surface area contributed by atoms with Gasteiger partial charge in [-0.15, -0.1) is 0 Å². The molecule has 1 N–H and O–H groups in total. The predicted molar refractivity (Wildman–Crippen MR) is 71.9 cm³/mol. The van der Waals surface area contributed by atoms with Crippen molar-refractivity contribution in [2.75, 3.05) is 26.2 Å². The van der Waals surface area contributed by atoms with Gasteiger partial charge in [0.25, 0.3) is 0 Å². The molecule has 1 fully saturated rings. The number of hydrogen-bond donors (Lipinski definition) is 1. The maximum Gasteiger partial charge on any atom is 0.433 e. The lowest BCUT2D eigenvalue weighted by atomic mass is 9.99. The molecule has 1 aromatic heterocycles. The van der Waals surface area contributed by atoms with E-state index in [0.717, 1.165) is 19.0 Å². The van der Waals surface area contributed by atoms with Crippen molar-refractivity contribution in [1.82, 2.24) is 10.2 Å². The highest BCUT2D eigenvalue weighted by molar-refractivity contribution is 5.17. The molecule has 6 heteroatoms. The topological polar surface area (TPSA) is 71.5 Å². The summed E-state index contributed by atoms with van der Waals surface area (Å²) in [7, 11) is 0. The fourth-order valence-corrected chi connectivity index (χ4v) is 2.29. The Morgan fingerprint density at radius 2 is 2.21 bits per heavy atom. The lowest BCUT2D eigenvalue weighted by Crippen LogP contribution is -2.37. The van der Waals surface area contributed by atoms with Crippen molar-refractivity contribution in [3.63, 3.8) is 0 Å². The zero-order chi connectivity index (χ0) is 13.7. The molecular formula is C13H21N3O3. The molecule has 6 nitrogen and oxygen atoms in total. The van der Waals surface area contributed by atoms with Gasteiger partial charge in [0, 0.05) is 13.1 Å². The van der Waals surface area contributed by atoms with Crippen LogP contribution in [0.5, 0.6) is 0 Å². The van der Waals surface area contributed by atoms with E-state index in [4.69, 9.17) is 4.42 Å². The van der Waals surface area contributed by atoms with Crippen LogP contribution in [0.2, 0.25) is 0 Å². The molecule has 2 rings (SSSR count). The maximum atomic E-state index is 10.5. The molecule has 0 aliphatic carbocycles. The normalized spacial score (nSPS) is 17.7. The zero-order valence-corrected chi connectivity index (χ0v) is 11.3. The van der Waals surface area contributed by atoms with Crippen molar-refractivity contribution in [2.45, 2.75) is 26.3 Å². The summed E-state index contributed by atoms with van der Waals surface area (Å²) in [5.41, 5.74) is 0. The summed E-state index contributed by atoms with van der Waals surface area (Å²) in [5, 5.41) is 13.7. The molecule has 1 aromatic rings. The van der Waals surface area contributed by atoms with Crippen molar-refractivity contribution in [3.8, 4) is 0 Å². The third-order valence-electron chi connectivity index (χ3n) is 3.61. The highest BCUT2D eigenvalue weighted by Crippen LogP contribution is 2.16. The van der Waals surface area contributed by atoms with E-state index < -0.39 is 4.92 Å². The second kappa shape index (κ2) is 6.68. The number of furan rings is 1. The SMILES string of the molecule is CC1CCN(CCNCc2ccc([N+](=O)[O-])o2)CC1. The molecule has 19 heavy (non-hydrogen) atoms. The van der Waals surface area contributed by atoms with Gasteiger partial charge in [0.1, 0.15) is 10.7 Å². The molecule has 0 radical (unpaired) electrons. The Balaban J connectivity index is 1.62. The lowest BCUT2D eigenvalue weighted by molar-refractivity contribution is -0.402. The van der Waals surface area contributed by atoms with E-state index >= 15 is 0 Å². The summed E-state index contributed by atoms with van der Waals surface area (Å²) in [4.78, 5) is 12.4. The minimum absolute atomic E-state index is 0.193. The quantitative estimate of drug-likeness (QED) is 0.485. The van der Waals surface area contributed by atoms with E-state index in [9.17, 15) is 10.1 Å². The Bertz CT molecular complexity index is 411. The van der Waals surface area contributed by atoms with Gasteiger partial charge in [-0.1, -0.05) is 6.92 Å². The average Bonchev–Trinajstić information content (AvgIpc) is 2.86. The second-order valence-corrected chi connectivity index (χ2v) is 5.20. The third-order valence-corrected chi connectivity index (χ3v) is 3.61. The van der Waals surface area contributed by atoms with Crippen molar-refractivity contribution < 1.29 is 9.34 Å². The Morgan fingerprint density at radius 1 is 1.47 bits per heavy atom. The summed E-state index contributed by atoms with van der Waals surface area (Å²) < 4.78 is 5.08. The van der Waals surface area contributed by atoms with Gasteiger partial charge in [0.2, 0.25) is 0 Å². The van der Waals surface area contributed by atoms with Crippen LogP contribution in [0, 0.1) is 16.0 Å². The van der Waals surface area contributed by atoms with Crippen molar-refractivity contribution in [3.05, 3.63) is 28.0 Å². The Labute approximate surface area is 112 Å². The monoisotopic (exact) mass is 267 g/mol. The number of nitro groups is 1. The molecule has 106 valence electrons. The fraction of sp³-hybridized carbons (Fsp3) is 0.692. The number of rotatable bonds is 6. The molecular weight excluding hydrogens is 246 g/mol. The van der Waals surface area contributed by atoms with Gasteiger partial charge in [-0.3, -0.25) is 10.1 Å². The largest absolute Gasteiger partial charge is 0.433 e. The minimum atomic E-state index is -0.515. The molecule has 0 bridgehead atoms. The summed E-state index contributed by atoms with van der Waals surface area (Å²) in [5.74, 6) is 1.27. The Hall–Kier alpha value is -1.40. The first kappa shape index (κ1) is 14.0. The standard InChI is InChI=1S/C13H21N3O3/c1-11-4-7-15(8-5-11)9-6-14-10-12-2-3-13(19-12)16(17)18/h2-3,11,14H,4-10H2,1H3. The molecule has 0 aromatic carbocycles. The smallest absolute Gasteiger partial charge is 0.404 e. The van der Waals surface area contributed by atoms with Crippen LogP contribution < -0.4 is 5.32 Å². The maximum absolute atomic E-state index is 10.5. The Kier molecular flexibility index (Phi) is 4.93. The van der Waals surface area contributed by atoms with Gasteiger partial charge in [0.15, 0.2) is 0 Å². The molecule has 1 saturated heterocycles. The molecule has 0 spiro atoms. The van der Waals surface area contributed by atoms with Crippen molar-refractivity contribution in [2.24, 2.45) is 5.92 Å². The molecule has 2 heterocycles. The van der Waals surface area contributed by atoms with Crippen LogP contribution in [0.1, 0.15) is 25.5 Å². The van der Waals surface area contributed by atoms with Crippen LogP contribution in [-0.2, 0) is 6.54 Å². The van der Waals surface area contributed by atoms with Crippen molar-refractivity contribution in [1.29, 1.82) is 0 Å². The van der Waals surface area contributed by atoms with Crippen LogP contribution in [0.3, 0.4) is 0 Å². The van der Waals surface area contributed by atoms with Crippen LogP contribution in [-0.4, -0.2) is 36.0 Å². The van der Waals surface area contributed by atoms with E-state index in [2.05, 4.69) is 17.1 Å². The number of nitrogens with one attached hydrogen (secondary N) is 1. The molecule has 0 saturated carbocycles. The first-order valence-corrected chi connectivity index (χ1v) is 6.81. The van der Waals surface area contributed by atoms with Gasteiger partial charge in [0.05, 0.1) is 12.6 Å². The van der Waals surface area contributed by atoms with Crippen LogP contribution in [0.4, 0.5) is 5.88 Å². The van der Waals surface area contributed by atoms with Gasteiger partial charge in [-0.25, -0.2) is 0 Å². The van der Waals surface area contributed by atoms with Gasteiger partial charge >= 0.3 is 5.88 Å². The summed E-state index contributed by atoms with van der Waals surface area (Å²) in [6.45, 7) is 7.10. The molecule has 0 atom stereocenters. The van der Waals surface area contributed by atoms with E-state index in [1.165, 1.54) is 32.0 Å². The number of hydrogen-bond acceptors (Lipinski definition) is 5. The highest BCUT2D eigenvalue weighted by atomic mass is 16.6. The van der Waals surface area contributed by atoms with Crippen LogP contribution in [0.25, 0.3) is 0 Å². The number of nitrogens with zero attached hydrogens (tertiary/aromatic N) is 2. The first-order chi connectivity index (χ1) is 9.15. The summed E-state index contributed by atoms with van der Waals surface area (Å²) >= 11 is 0. The third kappa shape index (κ3) is 4.33. The zero-order valence-electron chi connectivity index (χ0n) is 11.3. The summed E-state index contributed by atoms with van der Waals surface area (Å²) in [6.07, 6.45) is 2.56. The van der Waals surface area contributed by atoms with Crippen LogP contribution in [0.15, 0.2) is 16.5 Å². The lowest BCUT2D eigenvalue weighted by Gasteiger charge is -2.30. The number of likely N-dealkylation sites (tertiary alicyclic amines) is 1. The van der Waals surface area contributed by atoms with E-state index in [1.54, 1.807) is 6.07 Å². The molecule has 0 amide bonds. The summed E-state index contributed by atoms with van der Waals surface area (Å²) in [6, 6.07) is 3.04.